The molecule has 0 heterocycles. The number of nitrogens with zero attached hydrogens (tertiary/aromatic N) is 1. The fourth-order valence-corrected chi connectivity index (χ4v) is 1.94. The maximum atomic E-state index is 13.3. The molecule has 2 N–H and O–H groups in total. The Hall–Kier alpha value is -2.83. The summed E-state index contributed by atoms with van der Waals surface area (Å²) in [5, 5.41) is 5.07. The van der Waals surface area contributed by atoms with E-state index >= 15 is 0 Å². The molecule has 0 unspecified atom stereocenters. The van der Waals surface area contributed by atoms with Crippen LogP contribution in [0.2, 0.25) is 0 Å². The lowest BCUT2D eigenvalue weighted by molar-refractivity contribution is -0.111. The zero-order chi connectivity index (χ0) is 19.2. The van der Waals surface area contributed by atoms with Crippen LogP contribution in [-0.4, -0.2) is 17.9 Å². The Morgan fingerprint density at radius 1 is 1.32 bits per heavy atom. The second kappa shape index (κ2) is 8.32. The highest BCUT2D eigenvalue weighted by Crippen LogP contribution is 2.31. The summed E-state index contributed by atoms with van der Waals surface area (Å²) in [4.78, 5) is 15.6. The summed E-state index contributed by atoms with van der Waals surface area (Å²) in [5.41, 5.74) is 0.634. The van der Waals surface area contributed by atoms with Crippen molar-refractivity contribution in [2.24, 2.45) is 4.99 Å². The Bertz CT molecular complexity index is 746. The topological polar surface area (TPSA) is 53.5 Å². The molecule has 0 fully saturated rings. The first-order valence-electron chi connectivity index (χ1n) is 7.37. The molecule has 0 spiro atoms. The van der Waals surface area contributed by atoms with Gasteiger partial charge in [-0.05, 0) is 44.5 Å². The van der Waals surface area contributed by atoms with Gasteiger partial charge >= 0.3 is 6.18 Å². The molecule has 0 radical (unpaired) electrons. The minimum absolute atomic E-state index is 0.174. The van der Waals surface area contributed by atoms with E-state index in [0.717, 1.165) is 17.7 Å². The summed E-state index contributed by atoms with van der Waals surface area (Å²) in [6.07, 6.45) is -2.60. The molecule has 0 saturated carbocycles. The van der Waals surface area contributed by atoms with Gasteiger partial charge in [0.25, 0.3) is 0 Å². The standard InChI is InChI=1S/C18H20F3N3O/c1-6-13(18(19,20)21)17(22-11(3)4)24-14-9-8-12(5)10-15(14)23-16(25)7-2/h6-10H,2-3H2,1,4-5H3,(H,22,24)(H,23,25)/b13-6+. The fraction of sp³-hybridized carbons (Fsp3) is 0.222. The number of carbonyl (C=O) groups excluding carboxylic acids is 1. The van der Waals surface area contributed by atoms with Crippen LogP contribution in [0.25, 0.3) is 0 Å². The summed E-state index contributed by atoms with van der Waals surface area (Å²) in [6, 6.07) is 4.82. The third-order valence-corrected chi connectivity index (χ3v) is 3.01. The summed E-state index contributed by atoms with van der Waals surface area (Å²) >= 11 is 0. The van der Waals surface area contributed by atoms with Crippen molar-refractivity contribution in [2.45, 2.75) is 26.9 Å². The number of aliphatic imine (C=N–C) groups is 1. The monoisotopic (exact) mass is 351 g/mol. The number of allylic oxidation sites excluding steroid dienone is 2. The van der Waals surface area contributed by atoms with Gasteiger partial charge in [0.1, 0.15) is 5.84 Å². The van der Waals surface area contributed by atoms with E-state index in [9.17, 15) is 18.0 Å². The van der Waals surface area contributed by atoms with E-state index in [1.54, 1.807) is 19.1 Å². The molecule has 7 heteroatoms. The lowest BCUT2D eigenvalue weighted by Gasteiger charge is -2.17. The largest absolute Gasteiger partial charge is 0.419 e. The Morgan fingerprint density at radius 3 is 2.44 bits per heavy atom. The molecule has 0 aromatic heterocycles. The van der Waals surface area contributed by atoms with Crippen molar-refractivity contribution in [3.63, 3.8) is 0 Å². The lowest BCUT2D eigenvalue weighted by atomic mass is 10.1. The van der Waals surface area contributed by atoms with Crippen LogP contribution in [0.15, 0.2) is 59.8 Å². The number of hydrogen-bond donors (Lipinski definition) is 2. The Kier molecular flexibility index (Phi) is 6.73. The fourth-order valence-electron chi connectivity index (χ4n) is 1.94. The smallest absolute Gasteiger partial charge is 0.344 e. The first-order chi connectivity index (χ1) is 11.6. The number of halogens is 3. The minimum atomic E-state index is -4.59. The number of benzene rings is 1. The first kappa shape index (κ1) is 20.2. The molecule has 0 aliphatic heterocycles. The van der Waals surface area contributed by atoms with Gasteiger partial charge in [-0.2, -0.15) is 13.2 Å². The van der Waals surface area contributed by atoms with Gasteiger partial charge < -0.3 is 10.6 Å². The molecular weight excluding hydrogens is 331 g/mol. The first-order valence-corrected chi connectivity index (χ1v) is 7.37. The Balaban J connectivity index is 3.50. The molecule has 0 atom stereocenters. The molecule has 0 saturated heterocycles. The van der Waals surface area contributed by atoms with Gasteiger partial charge in [0, 0.05) is 5.70 Å². The Labute approximate surface area is 144 Å². The van der Waals surface area contributed by atoms with Crippen molar-refractivity contribution in [3.8, 4) is 0 Å². The number of alkyl halides is 3. The highest BCUT2D eigenvalue weighted by Gasteiger charge is 2.36. The summed E-state index contributed by atoms with van der Waals surface area (Å²) in [7, 11) is 0. The molecule has 25 heavy (non-hydrogen) atoms. The number of amides is 1. The Morgan fingerprint density at radius 2 is 1.96 bits per heavy atom. The van der Waals surface area contributed by atoms with E-state index in [1.807, 2.05) is 0 Å². The number of anilines is 1. The van der Waals surface area contributed by atoms with E-state index in [0.29, 0.717) is 5.70 Å². The van der Waals surface area contributed by atoms with Gasteiger partial charge in [0.2, 0.25) is 5.91 Å². The van der Waals surface area contributed by atoms with E-state index in [4.69, 9.17) is 0 Å². The van der Waals surface area contributed by atoms with Gasteiger partial charge in [-0.3, -0.25) is 4.79 Å². The van der Waals surface area contributed by atoms with Gasteiger partial charge in [-0.15, -0.1) is 0 Å². The van der Waals surface area contributed by atoms with Crippen LogP contribution in [0.5, 0.6) is 0 Å². The minimum Gasteiger partial charge on any atom is -0.344 e. The molecule has 0 bridgehead atoms. The number of carbonyl (C=O) groups is 1. The molecule has 4 nitrogen and oxygen atoms in total. The molecule has 1 aromatic carbocycles. The van der Waals surface area contributed by atoms with Crippen molar-refractivity contribution < 1.29 is 18.0 Å². The zero-order valence-corrected chi connectivity index (χ0v) is 14.3. The maximum absolute atomic E-state index is 13.3. The van der Waals surface area contributed by atoms with E-state index < -0.39 is 23.5 Å². The quantitative estimate of drug-likeness (QED) is 0.456. The second-order valence-electron chi connectivity index (χ2n) is 5.28. The van der Waals surface area contributed by atoms with Gasteiger partial charge in [-0.1, -0.05) is 25.3 Å². The van der Waals surface area contributed by atoms with Crippen LogP contribution in [0.3, 0.4) is 0 Å². The highest BCUT2D eigenvalue weighted by atomic mass is 19.4. The summed E-state index contributed by atoms with van der Waals surface area (Å²) < 4.78 is 39.8. The van der Waals surface area contributed by atoms with Gasteiger partial charge in [-0.25, -0.2) is 4.99 Å². The van der Waals surface area contributed by atoms with Crippen LogP contribution in [0, 0.1) is 6.92 Å². The SMILES string of the molecule is C=CC(=O)Nc1cc(C)ccc1N=C(NC(=C)C)/C(=C\C)C(F)(F)F. The number of aryl methyl sites for hydroxylation is 1. The van der Waals surface area contributed by atoms with Crippen molar-refractivity contribution in [1.29, 1.82) is 0 Å². The average molecular weight is 351 g/mol. The van der Waals surface area contributed by atoms with Crippen LogP contribution in [0.4, 0.5) is 24.5 Å². The normalized spacial score (nSPS) is 12.6. The molecule has 134 valence electrons. The van der Waals surface area contributed by atoms with E-state index in [2.05, 4.69) is 28.8 Å². The predicted octanol–water partition coefficient (Wildman–Crippen LogP) is 4.78. The molecule has 1 aromatic rings. The van der Waals surface area contributed by atoms with Crippen molar-refractivity contribution >= 4 is 23.1 Å². The summed E-state index contributed by atoms with van der Waals surface area (Å²) in [6.45, 7) is 11.5. The molecule has 1 rings (SSSR count). The van der Waals surface area contributed by atoms with Gasteiger partial charge in [0.05, 0.1) is 16.9 Å². The second-order valence-corrected chi connectivity index (χ2v) is 5.28. The predicted molar refractivity (Wildman–Crippen MR) is 94.9 cm³/mol. The summed E-state index contributed by atoms with van der Waals surface area (Å²) in [5.74, 6) is -0.890. The van der Waals surface area contributed by atoms with Crippen molar-refractivity contribution in [2.75, 3.05) is 5.32 Å². The average Bonchev–Trinajstić information content (AvgIpc) is 2.48. The zero-order valence-electron chi connectivity index (χ0n) is 14.3. The van der Waals surface area contributed by atoms with E-state index in [1.165, 1.54) is 19.9 Å². The van der Waals surface area contributed by atoms with Gasteiger partial charge in [0.15, 0.2) is 0 Å². The molecule has 1 amide bonds. The number of nitrogens with one attached hydrogen (secondary N) is 2. The molecular formula is C18H20F3N3O. The number of hydrogen-bond acceptors (Lipinski definition) is 2. The highest BCUT2D eigenvalue weighted by molar-refractivity contribution is 6.04. The maximum Gasteiger partial charge on any atom is 0.419 e. The van der Waals surface area contributed by atoms with Crippen LogP contribution >= 0.6 is 0 Å². The third-order valence-electron chi connectivity index (χ3n) is 3.01. The van der Waals surface area contributed by atoms with Crippen LogP contribution in [-0.2, 0) is 4.79 Å². The van der Waals surface area contributed by atoms with E-state index in [-0.39, 0.29) is 11.4 Å². The molecule has 0 aliphatic rings. The molecule has 0 aliphatic carbocycles. The van der Waals surface area contributed by atoms with Crippen LogP contribution < -0.4 is 10.6 Å². The number of rotatable bonds is 5. The third kappa shape index (κ3) is 5.95. The number of amidine groups is 1. The van der Waals surface area contributed by atoms with Crippen molar-refractivity contribution in [1.82, 2.24) is 5.32 Å². The van der Waals surface area contributed by atoms with Crippen molar-refractivity contribution in [3.05, 3.63) is 60.3 Å². The van der Waals surface area contributed by atoms with Crippen LogP contribution in [0.1, 0.15) is 19.4 Å². The lowest BCUT2D eigenvalue weighted by Crippen LogP contribution is -2.30.